The van der Waals surface area contributed by atoms with Gasteiger partial charge in [-0.25, -0.2) is 4.79 Å². The summed E-state index contributed by atoms with van der Waals surface area (Å²) in [4.78, 5) is 23.7. The highest BCUT2D eigenvalue weighted by atomic mass is 35.5. The van der Waals surface area contributed by atoms with Crippen LogP contribution in [0.2, 0.25) is 10.0 Å². The number of hydrogen-bond donors (Lipinski definition) is 2. The largest absolute Gasteiger partial charge is 0.480 e. The topological polar surface area (TPSA) is 84.2 Å². The van der Waals surface area contributed by atoms with E-state index in [4.69, 9.17) is 23.2 Å². The molecule has 26 heavy (non-hydrogen) atoms. The third kappa shape index (κ3) is 5.22. The van der Waals surface area contributed by atoms with Crippen LogP contribution in [0.15, 0.2) is 18.2 Å². The van der Waals surface area contributed by atoms with Gasteiger partial charge in [0, 0.05) is 35.6 Å². The number of carboxylic acids is 1. The van der Waals surface area contributed by atoms with E-state index in [2.05, 4.69) is 10.4 Å². The van der Waals surface area contributed by atoms with Gasteiger partial charge in [-0.15, -0.1) is 0 Å². The average Bonchev–Trinajstić information content (AvgIpc) is 2.76. The molecule has 0 aliphatic heterocycles. The summed E-state index contributed by atoms with van der Waals surface area (Å²) in [6.07, 6.45) is 0.798. The van der Waals surface area contributed by atoms with Crippen molar-refractivity contribution in [3.8, 4) is 0 Å². The Hall–Kier alpha value is -2.05. The zero-order valence-corrected chi connectivity index (χ0v) is 16.4. The van der Waals surface area contributed by atoms with Gasteiger partial charge in [-0.05, 0) is 49.6 Å². The van der Waals surface area contributed by atoms with Crippen molar-refractivity contribution in [1.29, 1.82) is 0 Å². The Bertz CT molecular complexity index is 813. The van der Waals surface area contributed by atoms with E-state index in [-0.39, 0.29) is 18.7 Å². The second kappa shape index (κ2) is 8.56. The molecule has 1 aromatic heterocycles. The molecule has 0 radical (unpaired) electrons. The fourth-order valence-electron chi connectivity index (χ4n) is 2.85. The molecule has 8 heteroatoms. The Morgan fingerprint density at radius 3 is 2.35 bits per heavy atom. The van der Waals surface area contributed by atoms with Gasteiger partial charge in [-0.1, -0.05) is 23.2 Å². The van der Waals surface area contributed by atoms with E-state index in [1.54, 1.807) is 22.9 Å². The molecule has 1 amide bonds. The van der Waals surface area contributed by atoms with Gasteiger partial charge < -0.3 is 10.4 Å². The summed E-state index contributed by atoms with van der Waals surface area (Å²) in [5, 5.41) is 17.1. The van der Waals surface area contributed by atoms with Crippen LogP contribution in [0, 0.1) is 13.8 Å². The van der Waals surface area contributed by atoms with Crippen molar-refractivity contribution in [3.05, 3.63) is 50.8 Å². The van der Waals surface area contributed by atoms with Crippen molar-refractivity contribution < 1.29 is 14.7 Å². The summed E-state index contributed by atoms with van der Waals surface area (Å²) in [7, 11) is 1.85. The standard InChI is InChI=1S/C18H21Cl2N3O3/c1-10-15(11(2)23(3)22-10)4-5-17(24)21-16(18(25)26)8-12-6-13(19)9-14(20)7-12/h6-7,9,16H,4-5,8H2,1-3H3,(H,21,24)(H,25,26). The molecular weight excluding hydrogens is 377 g/mol. The maximum absolute atomic E-state index is 12.2. The number of aromatic nitrogens is 2. The molecule has 140 valence electrons. The molecule has 0 saturated carbocycles. The first-order valence-corrected chi connectivity index (χ1v) is 8.89. The number of aryl methyl sites for hydroxylation is 2. The molecule has 1 aromatic carbocycles. The molecular formula is C18H21Cl2N3O3. The zero-order valence-electron chi connectivity index (χ0n) is 14.8. The van der Waals surface area contributed by atoms with Crippen molar-refractivity contribution >= 4 is 35.1 Å². The summed E-state index contributed by atoms with van der Waals surface area (Å²) in [6.45, 7) is 3.83. The molecule has 1 atom stereocenters. The molecule has 2 rings (SSSR count). The number of carboxylic acid groups (broad SMARTS) is 1. The van der Waals surface area contributed by atoms with Gasteiger partial charge in [0.05, 0.1) is 5.69 Å². The fraction of sp³-hybridized carbons (Fsp3) is 0.389. The molecule has 1 heterocycles. The van der Waals surface area contributed by atoms with Crippen LogP contribution >= 0.6 is 23.2 Å². The quantitative estimate of drug-likeness (QED) is 0.751. The van der Waals surface area contributed by atoms with Gasteiger partial charge in [-0.3, -0.25) is 9.48 Å². The Labute approximate surface area is 162 Å². The first kappa shape index (κ1) is 20.3. The van der Waals surface area contributed by atoms with Crippen molar-refractivity contribution in [3.63, 3.8) is 0 Å². The van der Waals surface area contributed by atoms with Gasteiger partial charge in [0.1, 0.15) is 6.04 Å². The Kier molecular flexibility index (Phi) is 6.67. The molecule has 0 fully saturated rings. The van der Waals surface area contributed by atoms with E-state index < -0.39 is 12.0 Å². The highest BCUT2D eigenvalue weighted by Gasteiger charge is 2.21. The molecule has 0 bridgehead atoms. The van der Waals surface area contributed by atoms with E-state index in [0.29, 0.717) is 22.0 Å². The third-order valence-electron chi connectivity index (χ3n) is 4.26. The Morgan fingerprint density at radius 1 is 1.23 bits per heavy atom. The minimum atomic E-state index is -1.11. The van der Waals surface area contributed by atoms with Gasteiger partial charge >= 0.3 is 5.97 Å². The van der Waals surface area contributed by atoms with Crippen molar-refractivity contribution in [2.75, 3.05) is 0 Å². The van der Waals surface area contributed by atoms with Crippen molar-refractivity contribution in [2.45, 2.75) is 39.2 Å². The lowest BCUT2D eigenvalue weighted by Gasteiger charge is -2.15. The van der Waals surface area contributed by atoms with E-state index in [1.165, 1.54) is 0 Å². The normalized spacial score (nSPS) is 12.0. The SMILES string of the molecule is Cc1nn(C)c(C)c1CCC(=O)NC(Cc1cc(Cl)cc(Cl)c1)C(=O)O. The molecule has 0 saturated heterocycles. The second-order valence-corrected chi connectivity index (χ2v) is 7.09. The van der Waals surface area contributed by atoms with E-state index in [1.807, 2.05) is 20.9 Å². The maximum Gasteiger partial charge on any atom is 0.326 e. The second-order valence-electron chi connectivity index (χ2n) is 6.21. The number of nitrogens with one attached hydrogen (secondary N) is 1. The van der Waals surface area contributed by atoms with E-state index >= 15 is 0 Å². The number of halogens is 2. The average molecular weight is 398 g/mol. The highest BCUT2D eigenvalue weighted by Crippen LogP contribution is 2.20. The van der Waals surface area contributed by atoms with Crippen LogP contribution in [0.4, 0.5) is 0 Å². The smallest absolute Gasteiger partial charge is 0.326 e. The number of amides is 1. The lowest BCUT2D eigenvalue weighted by molar-refractivity contribution is -0.141. The first-order chi connectivity index (χ1) is 12.2. The molecule has 6 nitrogen and oxygen atoms in total. The van der Waals surface area contributed by atoms with Crippen molar-refractivity contribution in [1.82, 2.24) is 15.1 Å². The number of rotatable bonds is 7. The number of aliphatic carboxylic acids is 1. The molecule has 1 unspecified atom stereocenters. The highest BCUT2D eigenvalue weighted by molar-refractivity contribution is 6.34. The number of benzene rings is 1. The number of carbonyl (C=O) groups excluding carboxylic acids is 1. The summed E-state index contributed by atoms with van der Waals surface area (Å²) >= 11 is 11.9. The van der Waals surface area contributed by atoms with Crippen molar-refractivity contribution in [2.24, 2.45) is 7.05 Å². The summed E-state index contributed by atoms with van der Waals surface area (Å²) in [6, 6.07) is 3.79. The van der Waals surface area contributed by atoms with Gasteiger partial charge in [-0.2, -0.15) is 5.10 Å². The maximum atomic E-state index is 12.2. The molecule has 2 N–H and O–H groups in total. The lowest BCUT2D eigenvalue weighted by atomic mass is 10.0. The van der Waals surface area contributed by atoms with Crippen LogP contribution in [-0.4, -0.2) is 32.8 Å². The predicted octanol–water partition coefficient (Wildman–Crippen LogP) is 3.09. The van der Waals surface area contributed by atoms with Crippen LogP contribution in [0.3, 0.4) is 0 Å². The molecule has 2 aromatic rings. The molecule has 0 aliphatic carbocycles. The number of carbonyl (C=O) groups is 2. The van der Waals surface area contributed by atoms with Crippen LogP contribution in [0.25, 0.3) is 0 Å². The van der Waals surface area contributed by atoms with Crippen LogP contribution in [0.1, 0.15) is 28.9 Å². The summed E-state index contributed by atoms with van der Waals surface area (Å²) in [5.74, 6) is -1.43. The number of nitrogens with zero attached hydrogens (tertiary/aromatic N) is 2. The lowest BCUT2D eigenvalue weighted by Crippen LogP contribution is -2.42. The van der Waals surface area contributed by atoms with E-state index in [0.717, 1.165) is 17.0 Å². The molecule has 0 aliphatic rings. The summed E-state index contributed by atoms with van der Waals surface area (Å²) in [5.41, 5.74) is 3.53. The fourth-order valence-corrected chi connectivity index (χ4v) is 3.42. The van der Waals surface area contributed by atoms with Gasteiger partial charge in [0.25, 0.3) is 0 Å². The van der Waals surface area contributed by atoms with Crippen LogP contribution in [0.5, 0.6) is 0 Å². The van der Waals surface area contributed by atoms with Gasteiger partial charge in [0.2, 0.25) is 5.91 Å². The Morgan fingerprint density at radius 2 is 1.85 bits per heavy atom. The van der Waals surface area contributed by atoms with Crippen LogP contribution in [-0.2, 0) is 29.5 Å². The van der Waals surface area contributed by atoms with Gasteiger partial charge in [0.15, 0.2) is 0 Å². The minimum absolute atomic E-state index is 0.103. The predicted molar refractivity (Wildman–Crippen MR) is 101 cm³/mol. The minimum Gasteiger partial charge on any atom is -0.480 e. The third-order valence-corrected chi connectivity index (χ3v) is 4.69. The summed E-state index contributed by atoms with van der Waals surface area (Å²) < 4.78 is 1.77. The molecule has 0 spiro atoms. The Balaban J connectivity index is 2.00. The zero-order chi connectivity index (χ0) is 19.4. The van der Waals surface area contributed by atoms with Crippen LogP contribution < -0.4 is 5.32 Å². The number of hydrogen-bond acceptors (Lipinski definition) is 3. The van der Waals surface area contributed by atoms with E-state index in [9.17, 15) is 14.7 Å². The monoisotopic (exact) mass is 397 g/mol. The first-order valence-electron chi connectivity index (χ1n) is 8.13.